The molecule has 0 amide bonds. The van der Waals surface area contributed by atoms with Crippen LogP contribution >= 0.6 is 10.9 Å². The van der Waals surface area contributed by atoms with Crippen molar-refractivity contribution in [1.82, 2.24) is 0 Å². The minimum absolute atomic E-state index is 0.105. The number of hydrogen-bond donors (Lipinski definition) is 3. The van der Waals surface area contributed by atoms with Crippen LogP contribution in [0.3, 0.4) is 0 Å². The van der Waals surface area contributed by atoms with Crippen LogP contribution in [0.4, 0.5) is 0 Å². The summed E-state index contributed by atoms with van der Waals surface area (Å²) in [6, 6.07) is 0.105. The molecule has 0 heterocycles. The van der Waals surface area contributed by atoms with E-state index in [1.54, 1.807) is 19.9 Å². The average molecular weight is 247 g/mol. The minimum atomic E-state index is -0.754. The highest BCUT2D eigenvalue weighted by Gasteiger charge is 2.29. The summed E-state index contributed by atoms with van der Waals surface area (Å²) >= 11 is 0. The number of aliphatic hydroxyl groups excluding tert-OH is 2. The predicted molar refractivity (Wildman–Crippen MR) is 66.5 cm³/mol. The number of nitrogens with zero attached hydrogens (tertiary/aromatic N) is 1. The summed E-state index contributed by atoms with van der Waals surface area (Å²) in [7, 11) is -0.754. The van der Waals surface area contributed by atoms with Crippen molar-refractivity contribution in [2.24, 2.45) is 4.99 Å². The highest BCUT2D eigenvalue weighted by Crippen LogP contribution is 2.46. The Kier molecular flexibility index (Phi) is 5.49. The zero-order valence-corrected chi connectivity index (χ0v) is 10.7. The van der Waals surface area contributed by atoms with Crippen LogP contribution in [0.2, 0.25) is 0 Å². The van der Waals surface area contributed by atoms with Gasteiger partial charge in [-0.25, -0.2) is 20.7 Å². The van der Waals surface area contributed by atoms with Gasteiger partial charge >= 0.3 is 0 Å². The van der Waals surface area contributed by atoms with Gasteiger partial charge in [-0.15, -0.1) is 0 Å². The topological polar surface area (TPSA) is 69.9 Å². The Balaban J connectivity index is 2.54. The first-order valence-corrected chi connectivity index (χ1v) is 7.31. The van der Waals surface area contributed by atoms with E-state index in [1.165, 1.54) is 0 Å². The summed E-state index contributed by atoms with van der Waals surface area (Å²) < 4.78 is 0. The Bertz CT molecular complexity index is 248. The van der Waals surface area contributed by atoms with E-state index in [0.717, 1.165) is 25.7 Å². The summed E-state index contributed by atoms with van der Waals surface area (Å²) in [4.78, 5) is 13.9. The number of aliphatic imine (C=N–C) groups is 1. The minimum Gasteiger partial charge on any atom is -0.384 e. The molecule has 2 N–H and O–H groups in total. The van der Waals surface area contributed by atoms with Crippen molar-refractivity contribution < 1.29 is 15.0 Å². The molecule has 1 fully saturated rings. The quantitative estimate of drug-likeness (QED) is 0.398. The molecule has 94 valence electrons. The number of carbonyl (C=O) groups excluding carboxylic acids is 1. The molecule has 4 nitrogen and oxygen atoms in total. The van der Waals surface area contributed by atoms with E-state index in [9.17, 15) is 15.0 Å². The molecule has 0 saturated heterocycles. The van der Waals surface area contributed by atoms with Gasteiger partial charge in [0.15, 0.2) is 0 Å². The molecule has 0 aromatic heterocycles. The average Bonchev–Trinajstić information content (AvgIpc) is 2.20. The van der Waals surface area contributed by atoms with Gasteiger partial charge in [0.05, 0.1) is 16.9 Å². The smallest absolute Gasteiger partial charge is 0.235 e. The second-order valence-electron chi connectivity index (χ2n) is 4.39. The molecule has 2 atom stereocenters. The summed E-state index contributed by atoms with van der Waals surface area (Å²) in [6.45, 7) is 3.52. The first kappa shape index (κ1) is 13.7. The van der Waals surface area contributed by atoms with Crippen LogP contribution in [0, 0.1) is 0 Å². The van der Waals surface area contributed by atoms with Gasteiger partial charge in [0, 0.05) is 0 Å². The Morgan fingerprint density at radius 3 is 2.06 bits per heavy atom. The van der Waals surface area contributed by atoms with Crippen molar-refractivity contribution in [3.05, 3.63) is 0 Å². The maximum atomic E-state index is 10.1. The van der Waals surface area contributed by atoms with Crippen LogP contribution in [0.5, 0.6) is 0 Å². The molecule has 1 saturated carbocycles. The van der Waals surface area contributed by atoms with E-state index in [0.29, 0.717) is 5.25 Å². The molecule has 0 bridgehead atoms. The predicted octanol–water partition coefficient (Wildman–Crippen LogP) is 1.31. The Morgan fingerprint density at radius 2 is 1.69 bits per heavy atom. The zero-order chi connectivity index (χ0) is 12.1. The van der Waals surface area contributed by atoms with E-state index >= 15 is 0 Å². The lowest BCUT2D eigenvalue weighted by Crippen LogP contribution is -2.28. The molecule has 0 aromatic carbocycles. The van der Waals surface area contributed by atoms with E-state index in [-0.39, 0.29) is 6.04 Å². The molecule has 16 heavy (non-hydrogen) atoms. The van der Waals surface area contributed by atoms with Crippen LogP contribution in [0.1, 0.15) is 39.5 Å². The molecule has 0 spiro atoms. The van der Waals surface area contributed by atoms with Gasteiger partial charge in [0.2, 0.25) is 6.08 Å². The maximum Gasteiger partial charge on any atom is 0.235 e. The van der Waals surface area contributed by atoms with Crippen molar-refractivity contribution >= 4 is 17.0 Å². The highest BCUT2D eigenvalue weighted by atomic mass is 32.2. The fraction of sp³-hybridized carbons (Fsp3) is 0.909. The second-order valence-corrected chi connectivity index (χ2v) is 7.51. The van der Waals surface area contributed by atoms with Gasteiger partial charge in [0.1, 0.15) is 0 Å². The third-order valence-corrected chi connectivity index (χ3v) is 6.27. The molecule has 0 aromatic rings. The van der Waals surface area contributed by atoms with Crippen molar-refractivity contribution in [3.63, 3.8) is 0 Å². The van der Waals surface area contributed by atoms with Crippen LogP contribution in [0.25, 0.3) is 0 Å². The molecule has 0 radical (unpaired) electrons. The van der Waals surface area contributed by atoms with Crippen molar-refractivity contribution in [1.29, 1.82) is 0 Å². The van der Waals surface area contributed by atoms with Crippen molar-refractivity contribution in [2.75, 3.05) is 0 Å². The summed E-state index contributed by atoms with van der Waals surface area (Å²) in [5, 5.41) is 19.8. The fourth-order valence-electron chi connectivity index (χ4n) is 2.48. The van der Waals surface area contributed by atoms with Gasteiger partial charge in [-0.3, -0.25) is 0 Å². The molecule has 1 aliphatic rings. The van der Waals surface area contributed by atoms with E-state index in [4.69, 9.17) is 0 Å². The van der Waals surface area contributed by atoms with Gasteiger partial charge < -0.3 is 10.2 Å². The number of hydrogen-bond acceptors (Lipinski definition) is 4. The second kappa shape index (κ2) is 6.40. The maximum absolute atomic E-state index is 10.1. The molecule has 0 aliphatic heterocycles. The lowest BCUT2D eigenvalue weighted by molar-refractivity contribution is 0.247. The van der Waals surface area contributed by atoms with Crippen molar-refractivity contribution in [2.45, 2.75) is 61.7 Å². The van der Waals surface area contributed by atoms with Crippen LogP contribution < -0.4 is 0 Å². The van der Waals surface area contributed by atoms with Crippen LogP contribution in [0.15, 0.2) is 4.99 Å². The van der Waals surface area contributed by atoms with Gasteiger partial charge in [-0.05, 0) is 44.8 Å². The fourth-order valence-corrected chi connectivity index (χ4v) is 5.22. The van der Waals surface area contributed by atoms with Gasteiger partial charge in [-0.2, -0.15) is 0 Å². The largest absolute Gasteiger partial charge is 0.384 e. The molecule has 1 rings (SSSR count). The lowest BCUT2D eigenvalue weighted by Gasteiger charge is -2.39. The summed E-state index contributed by atoms with van der Waals surface area (Å²) in [5.41, 5.74) is -0.850. The number of thiol groups is 1. The highest BCUT2D eigenvalue weighted by molar-refractivity contribution is 8.18. The van der Waals surface area contributed by atoms with Gasteiger partial charge in [-0.1, -0.05) is 0 Å². The van der Waals surface area contributed by atoms with E-state index in [2.05, 4.69) is 4.99 Å². The third-order valence-electron chi connectivity index (χ3n) is 3.19. The third kappa shape index (κ3) is 3.59. The Hall–Kier alpha value is -0.350. The Morgan fingerprint density at radius 1 is 1.19 bits per heavy atom. The van der Waals surface area contributed by atoms with Gasteiger partial charge in [0.25, 0.3) is 0 Å². The normalized spacial score (nSPS) is 32.4. The van der Waals surface area contributed by atoms with E-state index in [1.807, 2.05) is 0 Å². The number of aliphatic hydroxyl groups is 2. The zero-order valence-electron chi connectivity index (χ0n) is 9.83. The first-order valence-electron chi connectivity index (χ1n) is 5.76. The Labute approximate surface area is 99.1 Å². The first-order chi connectivity index (χ1) is 7.56. The molecule has 5 heteroatoms. The molecule has 1 aliphatic carbocycles. The van der Waals surface area contributed by atoms with Crippen LogP contribution in [-0.2, 0) is 4.79 Å². The van der Waals surface area contributed by atoms with Crippen molar-refractivity contribution in [3.8, 4) is 0 Å². The monoisotopic (exact) mass is 247 g/mol. The molecule has 2 unspecified atom stereocenters. The standard InChI is InChI=1S/C11H21NO3S/c1-8(14)16(9(2)15)11-5-3-10(4-6-11)12-7-13/h8-11,14-16H,3-6H2,1-2H3. The summed E-state index contributed by atoms with van der Waals surface area (Å²) in [5.74, 6) is 0. The molecular weight excluding hydrogens is 226 g/mol. The lowest BCUT2D eigenvalue weighted by atomic mass is 9.96. The van der Waals surface area contributed by atoms with E-state index < -0.39 is 21.8 Å². The SMILES string of the molecule is CC(O)[SH](C(C)O)C1CCC(N=C=O)CC1. The number of rotatable bonds is 4. The van der Waals surface area contributed by atoms with Crippen LogP contribution in [-0.4, -0.2) is 38.5 Å². The number of isocyanates is 1. The molecular formula is C11H21NO3S. The summed E-state index contributed by atoms with van der Waals surface area (Å²) in [6.07, 6.45) is 5.24.